The van der Waals surface area contributed by atoms with Gasteiger partial charge in [0.25, 0.3) is 0 Å². The quantitative estimate of drug-likeness (QED) is 0.754. The molecule has 1 atom stereocenters. The standard InChI is InChI=1S/C14H20N2O2S/c1-3-5-12(13(15)19)14(17)16-10-6-8-11(9-7-10)18-4-2/h6-9,12H,3-5H2,1-2H3,(H2,15,19)(H,16,17). The monoisotopic (exact) mass is 280 g/mol. The first-order chi connectivity index (χ1) is 9.08. The fraction of sp³-hybridized carbons (Fsp3) is 0.429. The Morgan fingerprint density at radius 3 is 2.47 bits per heavy atom. The molecule has 0 aliphatic rings. The van der Waals surface area contributed by atoms with Crippen LogP contribution in [0.1, 0.15) is 26.7 Å². The van der Waals surface area contributed by atoms with Gasteiger partial charge in [-0.05, 0) is 37.6 Å². The zero-order valence-corrected chi connectivity index (χ0v) is 12.1. The third kappa shape index (κ3) is 4.87. The van der Waals surface area contributed by atoms with Crippen LogP contribution >= 0.6 is 12.2 Å². The predicted octanol–water partition coefficient (Wildman–Crippen LogP) is 2.73. The summed E-state index contributed by atoms with van der Waals surface area (Å²) < 4.78 is 5.34. The predicted molar refractivity (Wildman–Crippen MR) is 81.4 cm³/mol. The van der Waals surface area contributed by atoms with Crippen molar-refractivity contribution in [1.29, 1.82) is 0 Å². The highest BCUT2D eigenvalue weighted by molar-refractivity contribution is 7.80. The summed E-state index contributed by atoms with van der Waals surface area (Å²) in [4.78, 5) is 12.3. The highest BCUT2D eigenvalue weighted by Gasteiger charge is 2.20. The van der Waals surface area contributed by atoms with Gasteiger partial charge in [0.1, 0.15) is 5.75 Å². The molecule has 0 spiro atoms. The van der Waals surface area contributed by atoms with E-state index in [1.54, 1.807) is 12.1 Å². The minimum atomic E-state index is -0.411. The van der Waals surface area contributed by atoms with Crippen molar-refractivity contribution in [2.24, 2.45) is 11.7 Å². The van der Waals surface area contributed by atoms with E-state index in [1.807, 2.05) is 26.0 Å². The van der Waals surface area contributed by atoms with Gasteiger partial charge in [0, 0.05) is 5.69 Å². The van der Waals surface area contributed by atoms with Crippen molar-refractivity contribution in [2.75, 3.05) is 11.9 Å². The number of hydrogen-bond acceptors (Lipinski definition) is 3. The van der Waals surface area contributed by atoms with Gasteiger partial charge in [0.2, 0.25) is 5.91 Å². The number of amides is 1. The Hall–Kier alpha value is -1.62. The van der Waals surface area contributed by atoms with Crippen molar-refractivity contribution in [3.8, 4) is 5.75 Å². The fourth-order valence-corrected chi connectivity index (χ4v) is 1.95. The summed E-state index contributed by atoms with van der Waals surface area (Å²) in [6, 6.07) is 7.22. The molecule has 5 heteroatoms. The molecule has 0 saturated heterocycles. The van der Waals surface area contributed by atoms with E-state index in [1.165, 1.54) is 0 Å². The van der Waals surface area contributed by atoms with E-state index in [4.69, 9.17) is 22.7 Å². The van der Waals surface area contributed by atoms with Gasteiger partial charge in [-0.1, -0.05) is 25.6 Å². The van der Waals surface area contributed by atoms with Crippen molar-refractivity contribution in [3.63, 3.8) is 0 Å². The Morgan fingerprint density at radius 1 is 1.37 bits per heavy atom. The summed E-state index contributed by atoms with van der Waals surface area (Å²) in [6.07, 6.45) is 1.52. The lowest BCUT2D eigenvalue weighted by atomic mass is 10.0. The van der Waals surface area contributed by atoms with E-state index in [0.717, 1.165) is 12.2 Å². The molecular weight excluding hydrogens is 260 g/mol. The molecule has 0 aliphatic carbocycles. The summed E-state index contributed by atoms with van der Waals surface area (Å²) in [7, 11) is 0. The second-order valence-corrected chi connectivity index (χ2v) is 4.66. The molecule has 4 nitrogen and oxygen atoms in total. The number of carbonyl (C=O) groups is 1. The number of rotatable bonds is 7. The summed E-state index contributed by atoms with van der Waals surface area (Å²) in [5.74, 6) is 0.213. The Labute approximate surface area is 119 Å². The smallest absolute Gasteiger partial charge is 0.234 e. The largest absolute Gasteiger partial charge is 0.494 e. The molecule has 0 saturated carbocycles. The summed E-state index contributed by atoms with van der Waals surface area (Å²) >= 11 is 4.93. The molecule has 0 aromatic heterocycles. The van der Waals surface area contributed by atoms with Gasteiger partial charge in [0.15, 0.2) is 0 Å². The van der Waals surface area contributed by atoms with Crippen molar-refractivity contribution >= 4 is 28.8 Å². The van der Waals surface area contributed by atoms with Crippen LogP contribution in [0.5, 0.6) is 5.75 Å². The molecule has 0 fully saturated rings. The molecular formula is C14H20N2O2S. The number of thiocarbonyl (C=S) groups is 1. The maximum absolute atomic E-state index is 12.0. The number of anilines is 1. The third-order valence-corrected chi connectivity index (χ3v) is 2.95. The van der Waals surface area contributed by atoms with E-state index < -0.39 is 5.92 Å². The molecule has 104 valence electrons. The minimum Gasteiger partial charge on any atom is -0.494 e. The van der Waals surface area contributed by atoms with E-state index >= 15 is 0 Å². The van der Waals surface area contributed by atoms with Crippen molar-refractivity contribution in [1.82, 2.24) is 0 Å². The topological polar surface area (TPSA) is 64.3 Å². The highest BCUT2D eigenvalue weighted by atomic mass is 32.1. The van der Waals surface area contributed by atoms with E-state index in [0.29, 0.717) is 18.7 Å². The number of carbonyl (C=O) groups excluding carboxylic acids is 1. The number of hydrogen-bond donors (Lipinski definition) is 2. The molecule has 1 amide bonds. The van der Waals surface area contributed by atoms with Crippen LogP contribution in [0.3, 0.4) is 0 Å². The van der Waals surface area contributed by atoms with Crippen LogP contribution in [0, 0.1) is 5.92 Å². The summed E-state index contributed by atoms with van der Waals surface area (Å²) in [5, 5.41) is 2.82. The Morgan fingerprint density at radius 2 is 2.00 bits per heavy atom. The zero-order valence-electron chi connectivity index (χ0n) is 11.3. The van der Waals surface area contributed by atoms with Crippen LogP contribution in [-0.2, 0) is 4.79 Å². The highest BCUT2D eigenvalue weighted by Crippen LogP contribution is 2.17. The van der Waals surface area contributed by atoms with Crippen LogP contribution < -0.4 is 15.8 Å². The number of ether oxygens (including phenoxy) is 1. The number of nitrogens with one attached hydrogen (secondary N) is 1. The third-order valence-electron chi connectivity index (χ3n) is 2.67. The van der Waals surface area contributed by atoms with Crippen molar-refractivity contribution in [3.05, 3.63) is 24.3 Å². The fourth-order valence-electron chi connectivity index (χ4n) is 1.72. The molecule has 3 N–H and O–H groups in total. The van der Waals surface area contributed by atoms with Crippen LogP contribution in [0.4, 0.5) is 5.69 Å². The Kier molecular flexibility index (Phi) is 6.29. The maximum Gasteiger partial charge on any atom is 0.234 e. The lowest BCUT2D eigenvalue weighted by Gasteiger charge is -2.14. The first-order valence-electron chi connectivity index (χ1n) is 6.41. The molecule has 1 rings (SSSR count). The molecule has 1 unspecified atom stereocenters. The van der Waals surface area contributed by atoms with Crippen LogP contribution in [-0.4, -0.2) is 17.5 Å². The van der Waals surface area contributed by atoms with Crippen molar-refractivity contribution < 1.29 is 9.53 Å². The average molecular weight is 280 g/mol. The number of nitrogens with two attached hydrogens (primary N) is 1. The van der Waals surface area contributed by atoms with Crippen LogP contribution in [0.2, 0.25) is 0 Å². The van der Waals surface area contributed by atoms with Gasteiger partial charge in [-0.25, -0.2) is 0 Å². The van der Waals surface area contributed by atoms with Crippen LogP contribution in [0.25, 0.3) is 0 Å². The molecule has 19 heavy (non-hydrogen) atoms. The second kappa shape index (κ2) is 7.74. The van der Waals surface area contributed by atoms with Gasteiger partial charge in [-0.3, -0.25) is 4.79 Å². The normalized spacial score (nSPS) is 11.7. The van der Waals surface area contributed by atoms with E-state index in [9.17, 15) is 4.79 Å². The molecule has 1 aromatic carbocycles. The molecule has 0 radical (unpaired) electrons. The van der Waals surface area contributed by atoms with Crippen molar-refractivity contribution in [2.45, 2.75) is 26.7 Å². The molecule has 1 aromatic rings. The summed E-state index contributed by atoms with van der Waals surface area (Å²) in [5.41, 5.74) is 6.31. The van der Waals surface area contributed by atoms with Gasteiger partial charge < -0.3 is 15.8 Å². The summed E-state index contributed by atoms with van der Waals surface area (Å²) in [6.45, 7) is 4.54. The lowest BCUT2D eigenvalue weighted by molar-refractivity contribution is -0.118. The minimum absolute atomic E-state index is 0.154. The molecule has 0 aliphatic heterocycles. The molecule has 0 bridgehead atoms. The van der Waals surface area contributed by atoms with E-state index in [-0.39, 0.29) is 10.9 Å². The Balaban J connectivity index is 2.67. The van der Waals surface area contributed by atoms with Gasteiger partial charge in [-0.2, -0.15) is 0 Å². The number of benzene rings is 1. The maximum atomic E-state index is 12.0. The van der Waals surface area contributed by atoms with Crippen LogP contribution in [0.15, 0.2) is 24.3 Å². The zero-order chi connectivity index (χ0) is 14.3. The molecule has 0 heterocycles. The van der Waals surface area contributed by atoms with Gasteiger partial charge in [-0.15, -0.1) is 0 Å². The second-order valence-electron chi connectivity index (χ2n) is 4.19. The van der Waals surface area contributed by atoms with E-state index in [2.05, 4.69) is 5.32 Å². The lowest BCUT2D eigenvalue weighted by Crippen LogP contribution is -2.33. The first-order valence-corrected chi connectivity index (χ1v) is 6.82. The van der Waals surface area contributed by atoms with Gasteiger partial charge >= 0.3 is 0 Å². The van der Waals surface area contributed by atoms with Gasteiger partial charge in [0.05, 0.1) is 17.5 Å². The Bertz CT molecular complexity index is 432. The SMILES string of the molecule is CCCC(C(=O)Nc1ccc(OCC)cc1)C(N)=S. The average Bonchev–Trinajstić information content (AvgIpc) is 2.38. The first kappa shape index (κ1) is 15.4.